The van der Waals surface area contributed by atoms with Crippen LogP contribution in [0.1, 0.15) is 37.4 Å². The van der Waals surface area contributed by atoms with Crippen molar-refractivity contribution in [3.8, 4) is 0 Å². The first-order valence-electron chi connectivity index (χ1n) is 8.07. The molecule has 1 N–H and O–H groups in total. The van der Waals surface area contributed by atoms with Gasteiger partial charge in [-0.3, -0.25) is 4.90 Å². The Morgan fingerprint density at radius 1 is 1.22 bits per heavy atom. The minimum Gasteiger partial charge on any atom is -0.388 e. The maximum atomic E-state index is 12.2. The molecular weight excluding hydrogens is 307 g/mol. The molecule has 1 saturated heterocycles. The third-order valence-corrected chi connectivity index (χ3v) is 4.18. The second kappa shape index (κ2) is 8.66. The summed E-state index contributed by atoms with van der Waals surface area (Å²) in [4.78, 5) is 2.14. The number of hydrogen-bond acceptors (Lipinski definition) is 3. The number of morpholine rings is 1. The SMILES string of the molecule is OC(CC1COCCN1CCCCC(F)(F)F)c1ccccc1. The van der Waals surface area contributed by atoms with Crippen molar-refractivity contribution < 1.29 is 23.0 Å². The summed E-state index contributed by atoms with van der Waals surface area (Å²) in [7, 11) is 0. The molecule has 0 saturated carbocycles. The summed E-state index contributed by atoms with van der Waals surface area (Å²) in [5.74, 6) is 0. The summed E-state index contributed by atoms with van der Waals surface area (Å²) in [6, 6.07) is 9.46. The average molecular weight is 331 g/mol. The molecule has 0 bridgehead atoms. The smallest absolute Gasteiger partial charge is 0.388 e. The molecule has 23 heavy (non-hydrogen) atoms. The highest BCUT2D eigenvalue weighted by molar-refractivity contribution is 5.17. The van der Waals surface area contributed by atoms with Crippen molar-refractivity contribution in [2.45, 2.75) is 44.0 Å². The summed E-state index contributed by atoms with van der Waals surface area (Å²) in [5, 5.41) is 10.3. The van der Waals surface area contributed by atoms with Crippen molar-refractivity contribution in [3.05, 3.63) is 35.9 Å². The standard InChI is InChI=1S/C17H24F3NO2/c18-17(19,20)8-4-5-9-21-10-11-23-13-15(21)12-16(22)14-6-2-1-3-7-14/h1-3,6-7,15-16,22H,4-5,8-13H2. The third-order valence-electron chi connectivity index (χ3n) is 4.18. The molecule has 130 valence electrons. The number of unbranched alkanes of at least 4 members (excludes halogenated alkanes) is 1. The van der Waals surface area contributed by atoms with E-state index in [0.29, 0.717) is 39.1 Å². The molecule has 0 aromatic heterocycles. The Bertz CT molecular complexity index is 453. The van der Waals surface area contributed by atoms with Gasteiger partial charge in [0.15, 0.2) is 0 Å². The van der Waals surface area contributed by atoms with Gasteiger partial charge in [0.25, 0.3) is 0 Å². The lowest BCUT2D eigenvalue weighted by atomic mass is 10.0. The van der Waals surface area contributed by atoms with E-state index in [1.807, 2.05) is 30.3 Å². The molecule has 1 aromatic carbocycles. The van der Waals surface area contributed by atoms with Gasteiger partial charge in [-0.05, 0) is 31.4 Å². The molecule has 6 heteroatoms. The molecule has 0 radical (unpaired) electrons. The van der Waals surface area contributed by atoms with Gasteiger partial charge in [-0.2, -0.15) is 13.2 Å². The first-order valence-corrected chi connectivity index (χ1v) is 8.07. The summed E-state index contributed by atoms with van der Waals surface area (Å²) in [6.45, 7) is 2.43. The van der Waals surface area contributed by atoms with Crippen molar-refractivity contribution in [3.63, 3.8) is 0 Å². The fourth-order valence-corrected chi connectivity index (χ4v) is 2.91. The number of aliphatic hydroxyl groups excluding tert-OH is 1. The van der Waals surface area contributed by atoms with Gasteiger partial charge in [0.1, 0.15) is 0 Å². The summed E-state index contributed by atoms with van der Waals surface area (Å²) < 4.78 is 42.0. The maximum Gasteiger partial charge on any atom is 0.389 e. The van der Waals surface area contributed by atoms with Crippen LogP contribution in [0.3, 0.4) is 0 Å². The molecule has 1 aliphatic heterocycles. The molecule has 0 aliphatic carbocycles. The molecule has 0 amide bonds. The lowest BCUT2D eigenvalue weighted by Gasteiger charge is -2.36. The average Bonchev–Trinajstić information content (AvgIpc) is 2.53. The van der Waals surface area contributed by atoms with E-state index in [-0.39, 0.29) is 12.5 Å². The van der Waals surface area contributed by atoms with E-state index in [4.69, 9.17) is 4.74 Å². The van der Waals surface area contributed by atoms with E-state index >= 15 is 0 Å². The van der Waals surface area contributed by atoms with Crippen LogP contribution in [0, 0.1) is 0 Å². The molecule has 1 aliphatic rings. The van der Waals surface area contributed by atoms with E-state index in [2.05, 4.69) is 4.90 Å². The molecule has 0 spiro atoms. The Balaban J connectivity index is 1.81. The zero-order valence-corrected chi connectivity index (χ0v) is 13.1. The first-order chi connectivity index (χ1) is 11.0. The van der Waals surface area contributed by atoms with Gasteiger partial charge in [0.2, 0.25) is 0 Å². The molecule has 2 unspecified atom stereocenters. The second-order valence-electron chi connectivity index (χ2n) is 6.00. The minimum atomic E-state index is -4.08. The van der Waals surface area contributed by atoms with Crippen LogP contribution in [0.2, 0.25) is 0 Å². The van der Waals surface area contributed by atoms with Gasteiger partial charge in [-0.15, -0.1) is 0 Å². The summed E-state index contributed by atoms with van der Waals surface area (Å²) >= 11 is 0. The monoisotopic (exact) mass is 331 g/mol. The van der Waals surface area contributed by atoms with Crippen LogP contribution in [-0.4, -0.2) is 48.5 Å². The van der Waals surface area contributed by atoms with Crippen LogP contribution in [0.4, 0.5) is 13.2 Å². The Hall–Kier alpha value is -1.11. The number of alkyl halides is 3. The molecule has 3 nitrogen and oxygen atoms in total. The maximum absolute atomic E-state index is 12.2. The second-order valence-corrected chi connectivity index (χ2v) is 6.00. The normalized spacial score (nSPS) is 21.3. The van der Waals surface area contributed by atoms with Gasteiger partial charge in [-0.25, -0.2) is 0 Å². The molecule has 1 aromatic rings. The van der Waals surface area contributed by atoms with Gasteiger partial charge < -0.3 is 9.84 Å². The van der Waals surface area contributed by atoms with Gasteiger partial charge >= 0.3 is 6.18 Å². The summed E-state index contributed by atoms with van der Waals surface area (Å²) in [5.41, 5.74) is 0.857. The Labute approximate surface area is 135 Å². The number of hydrogen-bond donors (Lipinski definition) is 1. The zero-order chi connectivity index (χ0) is 16.7. The quantitative estimate of drug-likeness (QED) is 0.776. The molecule has 1 fully saturated rings. The third kappa shape index (κ3) is 6.49. The molecule has 2 rings (SSSR count). The van der Waals surface area contributed by atoms with Crippen LogP contribution < -0.4 is 0 Å². The highest BCUT2D eigenvalue weighted by atomic mass is 19.4. The van der Waals surface area contributed by atoms with Crippen molar-refractivity contribution in [1.29, 1.82) is 0 Å². The molecular formula is C17H24F3NO2. The van der Waals surface area contributed by atoms with Crippen LogP contribution in [0.25, 0.3) is 0 Å². The fourth-order valence-electron chi connectivity index (χ4n) is 2.91. The van der Waals surface area contributed by atoms with Crippen LogP contribution >= 0.6 is 0 Å². The number of ether oxygens (including phenoxy) is 1. The molecule has 1 heterocycles. The van der Waals surface area contributed by atoms with Crippen LogP contribution in [0.15, 0.2) is 30.3 Å². The topological polar surface area (TPSA) is 32.7 Å². The fraction of sp³-hybridized carbons (Fsp3) is 0.647. The van der Waals surface area contributed by atoms with E-state index in [0.717, 1.165) is 5.56 Å². The minimum absolute atomic E-state index is 0.0462. The van der Waals surface area contributed by atoms with Crippen molar-refractivity contribution in [2.75, 3.05) is 26.3 Å². The highest BCUT2D eigenvalue weighted by Crippen LogP contribution is 2.25. The van der Waals surface area contributed by atoms with Crippen molar-refractivity contribution >= 4 is 0 Å². The Morgan fingerprint density at radius 3 is 2.65 bits per heavy atom. The number of halogens is 3. The lowest BCUT2D eigenvalue weighted by molar-refractivity contribution is -0.136. The Morgan fingerprint density at radius 2 is 1.96 bits per heavy atom. The van der Waals surface area contributed by atoms with Crippen LogP contribution in [0.5, 0.6) is 0 Å². The zero-order valence-electron chi connectivity index (χ0n) is 13.1. The van der Waals surface area contributed by atoms with E-state index < -0.39 is 18.7 Å². The van der Waals surface area contributed by atoms with E-state index in [1.165, 1.54) is 0 Å². The molecule has 2 atom stereocenters. The number of benzene rings is 1. The van der Waals surface area contributed by atoms with E-state index in [9.17, 15) is 18.3 Å². The van der Waals surface area contributed by atoms with Gasteiger partial charge in [0, 0.05) is 19.0 Å². The summed E-state index contributed by atoms with van der Waals surface area (Å²) in [6.07, 6.45) is -4.20. The predicted molar refractivity (Wildman–Crippen MR) is 82.1 cm³/mol. The first kappa shape index (κ1) is 18.2. The number of rotatable bonds is 7. The van der Waals surface area contributed by atoms with E-state index in [1.54, 1.807) is 0 Å². The van der Waals surface area contributed by atoms with Gasteiger partial charge in [0.05, 0.1) is 19.3 Å². The Kier molecular flexibility index (Phi) is 6.87. The highest BCUT2D eigenvalue weighted by Gasteiger charge is 2.28. The number of nitrogens with zero attached hydrogens (tertiary/aromatic N) is 1. The predicted octanol–water partition coefficient (Wildman–Crippen LogP) is 3.54. The lowest BCUT2D eigenvalue weighted by Crippen LogP contribution is -2.46. The largest absolute Gasteiger partial charge is 0.389 e. The number of aliphatic hydroxyl groups is 1. The van der Waals surface area contributed by atoms with Gasteiger partial charge in [-0.1, -0.05) is 30.3 Å². The van der Waals surface area contributed by atoms with Crippen molar-refractivity contribution in [1.82, 2.24) is 4.90 Å². The van der Waals surface area contributed by atoms with Crippen LogP contribution in [-0.2, 0) is 4.74 Å². The van der Waals surface area contributed by atoms with Crippen molar-refractivity contribution in [2.24, 2.45) is 0 Å².